The number of aromatic nitrogens is 2. The monoisotopic (exact) mass is 382 g/mol. The summed E-state index contributed by atoms with van der Waals surface area (Å²) in [6, 6.07) is 7.92. The lowest BCUT2D eigenvalue weighted by atomic mass is 10.1. The van der Waals surface area contributed by atoms with Gasteiger partial charge in [-0.05, 0) is 32.4 Å². The van der Waals surface area contributed by atoms with Gasteiger partial charge in [0, 0.05) is 16.3 Å². The minimum Gasteiger partial charge on any atom is -0.330 e. The van der Waals surface area contributed by atoms with Gasteiger partial charge in [-0.3, -0.25) is 4.68 Å². The van der Waals surface area contributed by atoms with E-state index < -0.39 is 9.84 Å². The van der Waals surface area contributed by atoms with Crippen LogP contribution in [0.3, 0.4) is 0 Å². The Morgan fingerprint density at radius 1 is 1.32 bits per heavy atom. The summed E-state index contributed by atoms with van der Waals surface area (Å²) in [7, 11) is -0.760. The molecule has 0 amide bonds. The average molecular weight is 383 g/mol. The van der Waals surface area contributed by atoms with Crippen LogP contribution >= 0.6 is 11.6 Å². The Morgan fingerprint density at radius 2 is 2.08 bits per heavy atom. The van der Waals surface area contributed by atoms with Crippen LogP contribution in [0, 0.1) is 13.8 Å². The van der Waals surface area contributed by atoms with E-state index in [1.807, 2.05) is 36.7 Å². The van der Waals surface area contributed by atoms with Gasteiger partial charge < -0.3 is 4.90 Å². The lowest BCUT2D eigenvalue weighted by Crippen LogP contribution is -3.06. The molecular weight excluding hydrogens is 358 g/mol. The second-order valence-corrected chi connectivity index (χ2v) is 9.76. The second kappa shape index (κ2) is 7.09. The molecule has 1 fully saturated rings. The van der Waals surface area contributed by atoms with Crippen molar-refractivity contribution in [2.45, 2.75) is 39.4 Å². The maximum absolute atomic E-state index is 11.8. The number of aryl methyl sites for hydroxylation is 1. The molecule has 0 radical (unpaired) electrons. The smallest absolute Gasteiger partial charge is 0.152 e. The van der Waals surface area contributed by atoms with Gasteiger partial charge in [-0.1, -0.05) is 23.7 Å². The van der Waals surface area contributed by atoms with Crippen LogP contribution in [0.2, 0.25) is 5.02 Å². The van der Waals surface area contributed by atoms with Gasteiger partial charge in [0.1, 0.15) is 13.1 Å². The van der Waals surface area contributed by atoms with Crippen molar-refractivity contribution < 1.29 is 13.3 Å². The Labute approximate surface area is 154 Å². The van der Waals surface area contributed by atoms with Crippen molar-refractivity contribution in [1.82, 2.24) is 9.78 Å². The van der Waals surface area contributed by atoms with Crippen LogP contribution in [0.4, 0.5) is 0 Å². The lowest BCUT2D eigenvalue weighted by Gasteiger charge is -2.15. The van der Waals surface area contributed by atoms with Crippen LogP contribution in [-0.2, 0) is 22.9 Å². The molecule has 7 heteroatoms. The van der Waals surface area contributed by atoms with Gasteiger partial charge in [0.25, 0.3) is 0 Å². The van der Waals surface area contributed by atoms with E-state index in [4.69, 9.17) is 11.6 Å². The topological polar surface area (TPSA) is 56.4 Å². The number of nitrogens with zero attached hydrogens (tertiary/aromatic N) is 2. The van der Waals surface area contributed by atoms with Crippen LogP contribution in [0.5, 0.6) is 0 Å². The van der Waals surface area contributed by atoms with E-state index in [9.17, 15) is 8.42 Å². The van der Waals surface area contributed by atoms with Gasteiger partial charge in [-0.2, -0.15) is 5.10 Å². The summed E-state index contributed by atoms with van der Waals surface area (Å²) in [5, 5.41) is 5.41. The van der Waals surface area contributed by atoms with E-state index >= 15 is 0 Å². The third-order valence-corrected chi connectivity index (χ3v) is 6.89. The summed E-state index contributed by atoms with van der Waals surface area (Å²) in [5.74, 6) is 0.477. The Hall–Kier alpha value is -1.37. The molecule has 0 aliphatic carbocycles. The molecule has 1 saturated heterocycles. The molecule has 2 aromatic rings. The van der Waals surface area contributed by atoms with E-state index in [-0.39, 0.29) is 17.5 Å². The summed E-state index contributed by atoms with van der Waals surface area (Å²) >= 11 is 6.07. The highest BCUT2D eigenvalue weighted by molar-refractivity contribution is 7.91. The van der Waals surface area contributed by atoms with Crippen LogP contribution in [0.1, 0.15) is 35.0 Å². The largest absolute Gasteiger partial charge is 0.330 e. The number of quaternary nitrogens is 1. The predicted octanol–water partition coefficient (Wildman–Crippen LogP) is 1.73. The molecule has 1 aromatic heterocycles. The maximum atomic E-state index is 11.8. The first-order valence-electron chi connectivity index (χ1n) is 8.56. The molecule has 0 bridgehead atoms. The molecule has 25 heavy (non-hydrogen) atoms. The molecule has 5 nitrogen and oxygen atoms in total. The lowest BCUT2D eigenvalue weighted by molar-refractivity contribution is -0.907. The third-order valence-electron chi connectivity index (χ3n) is 4.90. The Kier molecular flexibility index (Phi) is 5.23. The minimum absolute atomic E-state index is 0.0225. The van der Waals surface area contributed by atoms with E-state index in [2.05, 4.69) is 18.2 Å². The van der Waals surface area contributed by atoms with E-state index in [0.29, 0.717) is 6.42 Å². The second-order valence-electron chi connectivity index (χ2n) is 7.09. The number of hydrogen-bond acceptors (Lipinski definition) is 3. The van der Waals surface area contributed by atoms with Crippen LogP contribution in [0.25, 0.3) is 0 Å². The van der Waals surface area contributed by atoms with Crippen molar-refractivity contribution in [1.29, 1.82) is 0 Å². The van der Waals surface area contributed by atoms with Gasteiger partial charge in [-0.15, -0.1) is 0 Å². The van der Waals surface area contributed by atoms with Gasteiger partial charge in [0.15, 0.2) is 9.84 Å². The van der Waals surface area contributed by atoms with Crippen molar-refractivity contribution >= 4 is 21.4 Å². The van der Waals surface area contributed by atoms with Crippen molar-refractivity contribution in [2.24, 2.45) is 0 Å². The summed E-state index contributed by atoms with van der Waals surface area (Å²) in [6.07, 6.45) is 0.662. The van der Waals surface area contributed by atoms with Gasteiger partial charge >= 0.3 is 0 Å². The first-order chi connectivity index (χ1) is 11.7. The highest BCUT2D eigenvalue weighted by Crippen LogP contribution is 2.26. The van der Waals surface area contributed by atoms with E-state index in [1.165, 1.54) is 16.0 Å². The Balaban J connectivity index is 1.74. The van der Waals surface area contributed by atoms with Crippen molar-refractivity contribution in [3.8, 4) is 0 Å². The van der Waals surface area contributed by atoms with E-state index in [0.717, 1.165) is 29.5 Å². The molecular formula is C18H25ClN3O2S+. The normalized spacial score (nSPS) is 20.7. The summed E-state index contributed by atoms with van der Waals surface area (Å²) in [6.45, 7) is 5.79. The zero-order chi connectivity index (χ0) is 18.2. The quantitative estimate of drug-likeness (QED) is 0.856. The highest BCUT2D eigenvalue weighted by atomic mass is 35.5. The zero-order valence-electron chi connectivity index (χ0n) is 14.9. The van der Waals surface area contributed by atoms with Gasteiger partial charge in [0.2, 0.25) is 0 Å². The number of hydrogen-bond donors (Lipinski definition) is 1. The number of benzene rings is 1. The highest BCUT2D eigenvalue weighted by Gasteiger charge is 2.31. The first kappa shape index (κ1) is 18.4. The fourth-order valence-corrected chi connectivity index (χ4v) is 5.54. The molecule has 0 spiro atoms. The molecule has 136 valence electrons. The SMILES string of the molecule is Cc1nn([C@H]2CCS(=O)(=O)C2)c(C)c1C[NH+](C)Cc1cccc(Cl)c1. The summed E-state index contributed by atoms with van der Waals surface area (Å²) in [4.78, 5) is 1.34. The molecule has 2 atom stereocenters. The van der Waals surface area contributed by atoms with Crippen LogP contribution < -0.4 is 4.90 Å². The van der Waals surface area contributed by atoms with Crippen LogP contribution in [0.15, 0.2) is 24.3 Å². The molecule has 1 aromatic carbocycles. The Bertz CT molecular complexity index is 876. The molecule has 1 unspecified atom stereocenters. The molecule has 2 heterocycles. The first-order valence-corrected chi connectivity index (χ1v) is 10.8. The fourth-order valence-electron chi connectivity index (χ4n) is 3.64. The minimum atomic E-state index is -2.91. The third kappa shape index (κ3) is 4.25. The molecule has 0 saturated carbocycles. The summed E-state index contributed by atoms with van der Waals surface area (Å²) in [5.41, 5.74) is 4.50. The van der Waals surface area contributed by atoms with Crippen molar-refractivity contribution in [3.05, 3.63) is 51.8 Å². The van der Waals surface area contributed by atoms with Crippen molar-refractivity contribution in [3.63, 3.8) is 0 Å². The Morgan fingerprint density at radius 3 is 2.72 bits per heavy atom. The molecule has 1 aliphatic heterocycles. The standard InChI is InChI=1S/C18H24ClN3O2S/c1-13-18(11-21(3)10-15-5-4-6-16(19)9-15)14(2)22(20-13)17-7-8-25(23,24)12-17/h4-6,9,17H,7-8,10-12H2,1-3H3/p+1/t17-/m0/s1. The fraction of sp³-hybridized carbons (Fsp3) is 0.500. The number of nitrogens with one attached hydrogen (secondary N) is 1. The average Bonchev–Trinajstić information content (AvgIpc) is 3.01. The number of sulfone groups is 1. The van der Waals surface area contributed by atoms with Crippen molar-refractivity contribution in [2.75, 3.05) is 18.6 Å². The maximum Gasteiger partial charge on any atom is 0.152 e. The van der Waals surface area contributed by atoms with E-state index in [1.54, 1.807) is 0 Å². The predicted molar refractivity (Wildman–Crippen MR) is 99.8 cm³/mol. The van der Waals surface area contributed by atoms with Crippen LogP contribution in [-0.4, -0.2) is 36.8 Å². The molecule has 3 rings (SSSR count). The molecule has 1 N–H and O–H groups in total. The number of halogens is 1. The van der Waals surface area contributed by atoms with Gasteiger partial charge in [-0.25, -0.2) is 8.42 Å². The van der Waals surface area contributed by atoms with Gasteiger partial charge in [0.05, 0.1) is 35.9 Å². The molecule has 1 aliphatic rings. The number of rotatable bonds is 5. The summed E-state index contributed by atoms with van der Waals surface area (Å²) < 4.78 is 25.5. The zero-order valence-corrected chi connectivity index (χ0v) is 16.5.